The average Bonchev–Trinajstić information content (AvgIpc) is 2.46. The Morgan fingerprint density at radius 2 is 2.00 bits per heavy atom. The minimum atomic E-state index is -0.818. The highest BCUT2D eigenvalue weighted by Gasteiger charge is 2.12. The van der Waals surface area contributed by atoms with Crippen molar-refractivity contribution in [2.24, 2.45) is 5.73 Å². The van der Waals surface area contributed by atoms with Crippen LogP contribution in [-0.4, -0.2) is 35.1 Å². The molecule has 2 aromatic rings. The van der Waals surface area contributed by atoms with Crippen molar-refractivity contribution in [3.05, 3.63) is 34.2 Å². The van der Waals surface area contributed by atoms with Gasteiger partial charge in [-0.2, -0.15) is 9.97 Å². The van der Waals surface area contributed by atoms with E-state index in [9.17, 15) is 9.59 Å². The molecule has 0 aliphatic rings. The molecular formula is C12H12N4O4. The number of nitrogens with zero attached hydrogens (tertiary/aromatic N) is 2. The van der Waals surface area contributed by atoms with Crippen LogP contribution in [0.4, 0.5) is 0 Å². The summed E-state index contributed by atoms with van der Waals surface area (Å²) in [5.41, 5.74) is 5.33. The summed E-state index contributed by atoms with van der Waals surface area (Å²) in [6.45, 7) is 0. The van der Waals surface area contributed by atoms with Crippen LogP contribution in [-0.2, 0) is 0 Å². The molecule has 0 spiro atoms. The van der Waals surface area contributed by atoms with E-state index in [1.54, 1.807) is 6.07 Å². The van der Waals surface area contributed by atoms with Crippen molar-refractivity contribution < 1.29 is 14.3 Å². The highest BCUT2D eigenvalue weighted by atomic mass is 16.5. The number of carbonyl (C=O) groups is 1. The van der Waals surface area contributed by atoms with Crippen molar-refractivity contribution in [1.29, 1.82) is 0 Å². The van der Waals surface area contributed by atoms with Crippen molar-refractivity contribution in [2.45, 2.75) is 0 Å². The second-order valence-corrected chi connectivity index (χ2v) is 3.78. The number of carbonyl (C=O) groups excluding carboxylic acids is 1. The monoisotopic (exact) mass is 276 g/mol. The quantitative estimate of drug-likeness (QED) is 0.807. The zero-order chi connectivity index (χ0) is 14.7. The van der Waals surface area contributed by atoms with Crippen molar-refractivity contribution in [3.63, 3.8) is 0 Å². The van der Waals surface area contributed by atoms with E-state index < -0.39 is 11.5 Å². The molecule has 0 saturated carbocycles. The van der Waals surface area contributed by atoms with Gasteiger partial charge in [0.2, 0.25) is 5.88 Å². The predicted molar refractivity (Wildman–Crippen MR) is 69.7 cm³/mol. The lowest BCUT2D eigenvalue weighted by Gasteiger charge is -2.06. The maximum Gasteiger partial charge on any atom is 0.320 e. The number of hydrogen-bond acceptors (Lipinski definition) is 6. The Morgan fingerprint density at radius 3 is 2.60 bits per heavy atom. The first-order valence-corrected chi connectivity index (χ1v) is 5.55. The lowest BCUT2D eigenvalue weighted by Crippen LogP contribution is -2.23. The molecule has 2 aromatic heterocycles. The molecule has 2 heterocycles. The van der Waals surface area contributed by atoms with Crippen LogP contribution in [0.5, 0.6) is 11.9 Å². The Balaban J connectivity index is 2.59. The molecule has 0 aliphatic carbocycles. The largest absolute Gasteiger partial charge is 0.481 e. The molecule has 2 rings (SSSR count). The standard InChI is InChI=1S/C12H12N4O4/c1-19-9-4-8(15-12(16-9)20-2)6-3-7(10(13)17)11(18)14-5-6/h3-5H,1-2H3,(H2,13,17)(H,14,18). The molecule has 0 aliphatic heterocycles. The van der Waals surface area contributed by atoms with Gasteiger partial charge in [0.05, 0.1) is 19.9 Å². The molecule has 0 radical (unpaired) electrons. The van der Waals surface area contributed by atoms with Crippen LogP contribution >= 0.6 is 0 Å². The molecule has 0 unspecified atom stereocenters. The Hall–Kier alpha value is -2.90. The van der Waals surface area contributed by atoms with Gasteiger partial charge < -0.3 is 20.2 Å². The van der Waals surface area contributed by atoms with Crippen LogP contribution in [0.25, 0.3) is 11.3 Å². The van der Waals surface area contributed by atoms with Crippen LogP contribution in [0.3, 0.4) is 0 Å². The molecule has 3 N–H and O–H groups in total. The van der Waals surface area contributed by atoms with E-state index >= 15 is 0 Å². The van der Waals surface area contributed by atoms with E-state index in [2.05, 4.69) is 15.0 Å². The highest BCUT2D eigenvalue weighted by molar-refractivity contribution is 5.93. The fraction of sp³-hybridized carbons (Fsp3) is 0.167. The summed E-state index contributed by atoms with van der Waals surface area (Å²) in [6.07, 6.45) is 1.41. The van der Waals surface area contributed by atoms with Gasteiger partial charge in [0, 0.05) is 17.8 Å². The molecular weight excluding hydrogens is 264 g/mol. The molecule has 8 heteroatoms. The second kappa shape index (κ2) is 5.39. The Labute approximate surface area is 113 Å². The minimum Gasteiger partial charge on any atom is -0.481 e. The molecule has 104 valence electrons. The number of nitrogens with one attached hydrogen (secondary N) is 1. The van der Waals surface area contributed by atoms with E-state index in [1.807, 2.05) is 0 Å². The molecule has 0 saturated heterocycles. The van der Waals surface area contributed by atoms with E-state index in [-0.39, 0.29) is 11.6 Å². The number of ether oxygens (including phenoxy) is 2. The van der Waals surface area contributed by atoms with Crippen LogP contribution in [0.1, 0.15) is 10.4 Å². The maximum absolute atomic E-state index is 11.5. The van der Waals surface area contributed by atoms with Gasteiger partial charge in [-0.3, -0.25) is 9.59 Å². The first kappa shape index (κ1) is 13.5. The number of primary amides is 1. The van der Waals surface area contributed by atoms with Crippen LogP contribution in [0.2, 0.25) is 0 Å². The summed E-state index contributed by atoms with van der Waals surface area (Å²) >= 11 is 0. The first-order valence-electron chi connectivity index (χ1n) is 5.55. The van der Waals surface area contributed by atoms with Gasteiger partial charge in [-0.15, -0.1) is 0 Å². The summed E-state index contributed by atoms with van der Waals surface area (Å²) in [7, 11) is 2.87. The summed E-state index contributed by atoms with van der Waals surface area (Å²) < 4.78 is 9.98. The summed E-state index contributed by atoms with van der Waals surface area (Å²) in [4.78, 5) is 33.1. The van der Waals surface area contributed by atoms with E-state index in [0.29, 0.717) is 17.1 Å². The van der Waals surface area contributed by atoms with Gasteiger partial charge in [-0.1, -0.05) is 0 Å². The predicted octanol–water partition coefficient (Wildman–Crippen LogP) is -0.0520. The fourth-order valence-corrected chi connectivity index (χ4v) is 1.56. The van der Waals surface area contributed by atoms with E-state index in [0.717, 1.165) is 0 Å². The normalized spacial score (nSPS) is 10.1. The van der Waals surface area contributed by atoms with Crippen LogP contribution in [0.15, 0.2) is 23.1 Å². The summed E-state index contributed by atoms with van der Waals surface area (Å²) in [5.74, 6) is -0.528. The van der Waals surface area contributed by atoms with Crippen LogP contribution < -0.4 is 20.8 Å². The van der Waals surface area contributed by atoms with Gasteiger partial charge in [0.15, 0.2) is 0 Å². The first-order chi connectivity index (χ1) is 9.55. The number of amides is 1. The number of methoxy groups -OCH3 is 2. The smallest absolute Gasteiger partial charge is 0.320 e. The lowest BCUT2D eigenvalue weighted by atomic mass is 10.1. The van der Waals surface area contributed by atoms with Crippen molar-refractivity contribution in [3.8, 4) is 23.1 Å². The van der Waals surface area contributed by atoms with Crippen molar-refractivity contribution >= 4 is 5.91 Å². The van der Waals surface area contributed by atoms with E-state index in [4.69, 9.17) is 15.2 Å². The lowest BCUT2D eigenvalue weighted by molar-refractivity contribution is 0.0999. The summed E-state index contributed by atoms with van der Waals surface area (Å²) in [6, 6.07) is 3.00. The van der Waals surface area contributed by atoms with Crippen molar-refractivity contribution in [1.82, 2.24) is 15.0 Å². The molecule has 0 aromatic carbocycles. The molecule has 0 atom stereocenters. The van der Waals surface area contributed by atoms with Gasteiger partial charge in [0.1, 0.15) is 5.56 Å². The number of nitrogens with two attached hydrogens (primary N) is 1. The van der Waals surface area contributed by atoms with Gasteiger partial charge >= 0.3 is 6.01 Å². The summed E-state index contributed by atoms with van der Waals surface area (Å²) in [5, 5.41) is 0. The number of pyridine rings is 1. The average molecular weight is 276 g/mol. The molecule has 1 amide bonds. The van der Waals surface area contributed by atoms with E-state index in [1.165, 1.54) is 26.5 Å². The molecule has 20 heavy (non-hydrogen) atoms. The Kier molecular flexibility index (Phi) is 3.65. The molecule has 0 bridgehead atoms. The number of aromatic amines is 1. The van der Waals surface area contributed by atoms with Gasteiger partial charge in [-0.05, 0) is 6.07 Å². The molecule has 0 fully saturated rings. The zero-order valence-electron chi connectivity index (χ0n) is 10.8. The van der Waals surface area contributed by atoms with Gasteiger partial charge in [-0.25, -0.2) is 0 Å². The topological polar surface area (TPSA) is 120 Å². The fourth-order valence-electron chi connectivity index (χ4n) is 1.56. The van der Waals surface area contributed by atoms with Crippen molar-refractivity contribution in [2.75, 3.05) is 14.2 Å². The Bertz CT molecular complexity index is 689. The Morgan fingerprint density at radius 1 is 1.25 bits per heavy atom. The van der Waals surface area contributed by atoms with Gasteiger partial charge in [0.25, 0.3) is 11.5 Å². The number of hydrogen-bond donors (Lipinski definition) is 2. The SMILES string of the molecule is COc1cc(-c2c[nH]c(=O)c(C(N)=O)c2)nc(OC)n1. The third kappa shape index (κ3) is 2.58. The third-order valence-corrected chi connectivity index (χ3v) is 2.54. The molecule has 8 nitrogen and oxygen atoms in total. The minimum absolute atomic E-state index is 0.103. The highest BCUT2D eigenvalue weighted by Crippen LogP contribution is 2.22. The number of rotatable bonds is 4. The van der Waals surface area contributed by atoms with Crippen LogP contribution in [0, 0.1) is 0 Å². The maximum atomic E-state index is 11.5. The zero-order valence-corrected chi connectivity index (χ0v) is 10.8. The third-order valence-electron chi connectivity index (χ3n) is 2.54. The number of H-pyrrole nitrogens is 1. The number of aromatic nitrogens is 3. The second-order valence-electron chi connectivity index (χ2n) is 3.78.